The van der Waals surface area contributed by atoms with Crippen LogP contribution in [0.3, 0.4) is 0 Å². The summed E-state index contributed by atoms with van der Waals surface area (Å²) >= 11 is 0. The lowest BCUT2D eigenvalue weighted by Crippen LogP contribution is -2.30. The predicted octanol–water partition coefficient (Wildman–Crippen LogP) is 6.18. The highest BCUT2D eigenvalue weighted by atomic mass is 16.1. The van der Waals surface area contributed by atoms with Gasteiger partial charge in [-0.25, -0.2) is 4.68 Å². The van der Waals surface area contributed by atoms with Gasteiger partial charge in [-0.05, 0) is 57.2 Å². The van der Waals surface area contributed by atoms with Crippen LogP contribution in [-0.4, -0.2) is 15.6 Å². The Kier molecular flexibility index (Phi) is 4.62. The largest absolute Gasteiger partial charge is 0.343 e. The number of fused-ring (bicyclic) bond motifs is 1. The van der Waals surface area contributed by atoms with Gasteiger partial charge in [0.2, 0.25) is 0 Å². The number of allylic oxidation sites excluding steroid dienone is 2. The molecule has 0 unspecified atom stereocenters. The minimum Gasteiger partial charge on any atom is -0.343 e. The van der Waals surface area contributed by atoms with E-state index >= 15 is 0 Å². The molecule has 158 valence electrons. The standard InChI is InChI=1S/C27H29N3O/c1-17-23-24(20-15-13-19(14-16-20)18-9-6-5-7-10-18)25-21(11-8-12-22(25)31)28-26(23)30(29-17)27(2,3)4/h5-7,9-10,13-16,24,28H,8,11-12H2,1-4H3/t24-/m0/s1. The Morgan fingerprint density at radius 3 is 2.32 bits per heavy atom. The SMILES string of the molecule is Cc1nn(C(C)(C)C)c2c1[C@H](c1ccc(-c3ccccc3)cc1)C1=C(CCCC1=O)N2. The zero-order chi connectivity index (χ0) is 21.8. The number of ketones is 1. The van der Waals surface area contributed by atoms with Crippen LogP contribution in [0.15, 0.2) is 65.9 Å². The molecule has 1 aliphatic carbocycles. The number of benzene rings is 2. The first-order chi connectivity index (χ1) is 14.8. The molecule has 0 fully saturated rings. The summed E-state index contributed by atoms with van der Waals surface area (Å²) in [7, 11) is 0. The molecule has 2 aliphatic rings. The number of anilines is 1. The van der Waals surface area contributed by atoms with Gasteiger partial charge in [0.05, 0.1) is 11.2 Å². The second kappa shape index (κ2) is 7.23. The van der Waals surface area contributed by atoms with Crippen LogP contribution in [0, 0.1) is 6.92 Å². The predicted molar refractivity (Wildman–Crippen MR) is 125 cm³/mol. The van der Waals surface area contributed by atoms with Crippen LogP contribution in [-0.2, 0) is 10.3 Å². The molecule has 1 aliphatic heterocycles. The highest BCUT2D eigenvalue weighted by Gasteiger charge is 2.39. The lowest BCUT2D eigenvalue weighted by Gasteiger charge is -2.34. The van der Waals surface area contributed by atoms with Gasteiger partial charge >= 0.3 is 0 Å². The van der Waals surface area contributed by atoms with Crippen molar-refractivity contribution in [2.45, 2.75) is 58.4 Å². The van der Waals surface area contributed by atoms with Crippen molar-refractivity contribution < 1.29 is 4.79 Å². The van der Waals surface area contributed by atoms with Gasteiger partial charge in [-0.3, -0.25) is 4.79 Å². The van der Waals surface area contributed by atoms with Crippen molar-refractivity contribution in [3.05, 3.63) is 82.7 Å². The van der Waals surface area contributed by atoms with Crippen LogP contribution in [0.2, 0.25) is 0 Å². The number of rotatable bonds is 2. The molecule has 4 nitrogen and oxygen atoms in total. The second-order valence-corrected chi connectivity index (χ2v) is 9.65. The quantitative estimate of drug-likeness (QED) is 0.548. The van der Waals surface area contributed by atoms with E-state index in [-0.39, 0.29) is 17.2 Å². The fourth-order valence-corrected chi connectivity index (χ4v) is 4.94. The summed E-state index contributed by atoms with van der Waals surface area (Å²) in [5, 5.41) is 8.53. The van der Waals surface area contributed by atoms with Gasteiger partial charge in [0.25, 0.3) is 0 Å². The minimum absolute atomic E-state index is 0.0695. The fourth-order valence-electron chi connectivity index (χ4n) is 4.94. The number of hydrogen-bond donors (Lipinski definition) is 1. The van der Waals surface area contributed by atoms with Crippen LogP contribution in [0.25, 0.3) is 11.1 Å². The van der Waals surface area contributed by atoms with Crippen LogP contribution in [0.1, 0.15) is 62.8 Å². The second-order valence-electron chi connectivity index (χ2n) is 9.65. The van der Waals surface area contributed by atoms with Gasteiger partial charge in [0.15, 0.2) is 5.78 Å². The molecule has 1 atom stereocenters. The van der Waals surface area contributed by atoms with Crippen molar-refractivity contribution >= 4 is 11.6 Å². The maximum Gasteiger partial charge on any atom is 0.161 e. The summed E-state index contributed by atoms with van der Waals surface area (Å²) in [5.41, 5.74) is 7.52. The van der Waals surface area contributed by atoms with Crippen molar-refractivity contribution in [1.29, 1.82) is 0 Å². The zero-order valence-corrected chi connectivity index (χ0v) is 18.7. The summed E-state index contributed by atoms with van der Waals surface area (Å²) in [4.78, 5) is 13.1. The zero-order valence-electron chi connectivity index (χ0n) is 18.7. The van der Waals surface area contributed by atoms with E-state index in [4.69, 9.17) is 5.10 Å². The van der Waals surface area contributed by atoms with Gasteiger partial charge in [0.1, 0.15) is 5.82 Å². The highest BCUT2D eigenvalue weighted by molar-refractivity contribution is 6.01. The van der Waals surface area contributed by atoms with Gasteiger partial charge in [-0.2, -0.15) is 5.10 Å². The molecule has 0 spiro atoms. The van der Waals surface area contributed by atoms with E-state index in [1.165, 1.54) is 11.1 Å². The van der Waals surface area contributed by atoms with Gasteiger partial charge in [0, 0.05) is 29.2 Å². The van der Waals surface area contributed by atoms with Crippen LogP contribution >= 0.6 is 0 Å². The van der Waals surface area contributed by atoms with E-state index in [0.29, 0.717) is 6.42 Å². The molecule has 0 bridgehead atoms. The number of Topliss-reactive ketones (excluding diaryl/α,β-unsaturated/α-hetero) is 1. The molecule has 0 saturated heterocycles. The van der Waals surface area contributed by atoms with Crippen molar-refractivity contribution in [3.63, 3.8) is 0 Å². The average molecular weight is 412 g/mol. The van der Waals surface area contributed by atoms with Gasteiger partial charge in [-0.15, -0.1) is 0 Å². The van der Waals surface area contributed by atoms with Crippen LogP contribution in [0.5, 0.6) is 0 Å². The van der Waals surface area contributed by atoms with Crippen molar-refractivity contribution in [3.8, 4) is 11.1 Å². The maximum atomic E-state index is 13.1. The summed E-state index contributed by atoms with van der Waals surface area (Å²) < 4.78 is 2.09. The first-order valence-corrected chi connectivity index (χ1v) is 11.1. The Morgan fingerprint density at radius 2 is 1.65 bits per heavy atom. The Morgan fingerprint density at radius 1 is 0.968 bits per heavy atom. The molecule has 31 heavy (non-hydrogen) atoms. The molecule has 0 amide bonds. The van der Waals surface area contributed by atoms with Gasteiger partial charge < -0.3 is 5.32 Å². The van der Waals surface area contributed by atoms with E-state index < -0.39 is 0 Å². The molecule has 1 N–H and O–H groups in total. The lowest BCUT2D eigenvalue weighted by molar-refractivity contribution is -0.116. The number of carbonyl (C=O) groups excluding carboxylic acids is 1. The van der Waals surface area contributed by atoms with E-state index in [1.54, 1.807) is 0 Å². The molecule has 3 aromatic rings. The monoisotopic (exact) mass is 411 g/mol. The molecular weight excluding hydrogens is 382 g/mol. The summed E-state index contributed by atoms with van der Waals surface area (Å²) in [6, 6.07) is 19.1. The normalized spacial score (nSPS) is 18.5. The van der Waals surface area contributed by atoms with E-state index in [9.17, 15) is 4.79 Å². The third-order valence-corrected chi connectivity index (χ3v) is 6.40. The molecular formula is C27H29N3O. The van der Waals surface area contributed by atoms with Crippen molar-refractivity contribution in [2.75, 3.05) is 5.32 Å². The molecule has 4 heteroatoms. The summed E-state index contributed by atoms with van der Waals surface area (Å²) in [6.45, 7) is 8.57. The number of aryl methyl sites for hydroxylation is 1. The topological polar surface area (TPSA) is 46.9 Å². The third-order valence-electron chi connectivity index (χ3n) is 6.40. The lowest BCUT2D eigenvalue weighted by atomic mass is 9.76. The first kappa shape index (κ1) is 19.8. The van der Waals surface area contributed by atoms with E-state index in [1.807, 2.05) is 6.07 Å². The van der Waals surface area contributed by atoms with Crippen LogP contribution < -0.4 is 5.32 Å². The number of nitrogens with zero attached hydrogens (tertiary/aromatic N) is 2. The summed E-state index contributed by atoms with van der Waals surface area (Å²) in [5.74, 6) is 1.23. The number of aromatic nitrogens is 2. The molecule has 2 aromatic carbocycles. The first-order valence-electron chi connectivity index (χ1n) is 11.1. The van der Waals surface area contributed by atoms with Crippen molar-refractivity contribution in [2.24, 2.45) is 0 Å². The maximum absolute atomic E-state index is 13.1. The average Bonchev–Trinajstić information content (AvgIpc) is 3.10. The fraction of sp³-hybridized carbons (Fsp3) is 0.333. The van der Waals surface area contributed by atoms with E-state index in [2.05, 4.69) is 86.2 Å². The molecule has 0 saturated carbocycles. The van der Waals surface area contributed by atoms with Crippen LogP contribution in [0.4, 0.5) is 5.82 Å². The smallest absolute Gasteiger partial charge is 0.161 e. The molecule has 1 aromatic heterocycles. The highest BCUT2D eigenvalue weighted by Crippen LogP contribution is 2.47. The summed E-state index contributed by atoms with van der Waals surface area (Å²) in [6.07, 6.45) is 2.44. The number of nitrogens with one attached hydrogen (secondary N) is 1. The van der Waals surface area contributed by atoms with Crippen molar-refractivity contribution in [1.82, 2.24) is 9.78 Å². The number of carbonyl (C=O) groups is 1. The Labute approximate surface area is 184 Å². The Balaban J connectivity index is 1.67. The molecule has 0 radical (unpaired) electrons. The van der Waals surface area contributed by atoms with Gasteiger partial charge in [-0.1, -0.05) is 54.6 Å². The van der Waals surface area contributed by atoms with E-state index in [0.717, 1.165) is 46.8 Å². The number of hydrogen-bond acceptors (Lipinski definition) is 3. The molecule has 2 heterocycles. The Bertz CT molecular complexity index is 1180. The Hall–Kier alpha value is -3.14. The minimum atomic E-state index is -0.149. The molecule has 5 rings (SSSR count). The third kappa shape index (κ3) is 3.31.